The lowest BCUT2D eigenvalue weighted by Crippen LogP contribution is -2.40. The van der Waals surface area contributed by atoms with Crippen LogP contribution in [0.2, 0.25) is 0 Å². The van der Waals surface area contributed by atoms with Crippen molar-refractivity contribution in [2.45, 2.75) is 70.1 Å². The van der Waals surface area contributed by atoms with Crippen LogP contribution in [0.15, 0.2) is 60.3 Å². The minimum atomic E-state index is 0.117. The highest BCUT2D eigenvalue weighted by atomic mass is 16.5. The first kappa shape index (κ1) is 26.5. The van der Waals surface area contributed by atoms with E-state index in [1.807, 2.05) is 12.1 Å². The third-order valence-electron chi connectivity index (χ3n) is 7.99. The summed E-state index contributed by atoms with van der Waals surface area (Å²) in [4.78, 5) is 2.57. The number of methoxy groups -OCH3 is 2. The Bertz CT molecular complexity index is 1130. The SMILES string of the molecule is COc1ccc(NC2CCN(CC3=CC(c4cc(OC)c(OC(C)C)c(C5CCC5)c4)NC=C3)CC2)cc1. The first-order valence-electron chi connectivity index (χ1n) is 14.2. The van der Waals surface area contributed by atoms with Gasteiger partial charge in [-0.1, -0.05) is 12.5 Å². The number of anilines is 1. The maximum atomic E-state index is 6.25. The van der Waals surface area contributed by atoms with Crippen molar-refractivity contribution in [1.29, 1.82) is 0 Å². The summed E-state index contributed by atoms with van der Waals surface area (Å²) in [6.45, 7) is 7.33. The molecule has 2 aromatic rings. The zero-order valence-corrected chi connectivity index (χ0v) is 23.3. The summed E-state index contributed by atoms with van der Waals surface area (Å²) in [7, 11) is 3.45. The molecule has 38 heavy (non-hydrogen) atoms. The van der Waals surface area contributed by atoms with Crippen LogP contribution in [-0.4, -0.2) is 50.9 Å². The number of nitrogens with zero attached hydrogens (tertiary/aromatic N) is 1. The van der Waals surface area contributed by atoms with Crippen LogP contribution < -0.4 is 24.8 Å². The highest BCUT2D eigenvalue weighted by molar-refractivity contribution is 5.53. The molecule has 0 radical (unpaired) electrons. The minimum absolute atomic E-state index is 0.117. The van der Waals surface area contributed by atoms with Crippen molar-refractivity contribution in [2.24, 2.45) is 0 Å². The summed E-state index contributed by atoms with van der Waals surface area (Å²) >= 11 is 0. The van der Waals surface area contributed by atoms with E-state index < -0.39 is 0 Å². The average Bonchev–Trinajstić information content (AvgIpc) is 2.90. The molecule has 0 spiro atoms. The highest BCUT2D eigenvalue weighted by Crippen LogP contribution is 2.46. The fourth-order valence-electron chi connectivity index (χ4n) is 5.65. The molecule has 1 saturated carbocycles. The Labute approximate surface area is 228 Å². The van der Waals surface area contributed by atoms with Crippen molar-refractivity contribution >= 4 is 5.69 Å². The third-order valence-corrected chi connectivity index (χ3v) is 7.99. The van der Waals surface area contributed by atoms with Gasteiger partial charge >= 0.3 is 0 Å². The number of hydrogen-bond acceptors (Lipinski definition) is 6. The van der Waals surface area contributed by atoms with Gasteiger partial charge in [0.05, 0.1) is 26.4 Å². The average molecular weight is 518 g/mol. The fraction of sp³-hybridized carbons (Fsp3) is 0.500. The van der Waals surface area contributed by atoms with Gasteiger partial charge in [0.2, 0.25) is 0 Å². The number of rotatable bonds is 10. The molecule has 1 atom stereocenters. The molecule has 2 fully saturated rings. The van der Waals surface area contributed by atoms with Gasteiger partial charge in [-0.2, -0.15) is 0 Å². The second-order valence-electron chi connectivity index (χ2n) is 11.1. The van der Waals surface area contributed by atoms with Crippen molar-refractivity contribution in [3.8, 4) is 17.2 Å². The lowest BCUT2D eigenvalue weighted by Gasteiger charge is -2.34. The fourth-order valence-corrected chi connectivity index (χ4v) is 5.65. The van der Waals surface area contributed by atoms with Crippen molar-refractivity contribution in [3.63, 3.8) is 0 Å². The van der Waals surface area contributed by atoms with Crippen LogP contribution in [0.4, 0.5) is 5.69 Å². The van der Waals surface area contributed by atoms with E-state index >= 15 is 0 Å². The normalized spacial score (nSPS) is 20.4. The van der Waals surface area contributed by atoms with Crippen molar-refractivity contribution in [2.75, 3.05) is 39.2 Å². The van der Waals surface area contributed by atoms with E-state index in [2.05, 4.69) is 72.0 Å². The van der Waals surface area contributed by atoms with Crippen LogP contribution >= 0.6 is 0 Å². The summed E-state index contributed by atoms with van der Waals surface area (Å²) in [5, 5.41) is 7.26. The molecule has 2 aromatic carbocycles. The predicted octanol–water partition coefficient (Wildman–Crippen LogP) is 6.42. The Balaban J connectivity index is 1.23. The smallest absolute Gasteiger partial charge is 0.165 e. The first-order valence-corrected chi connectivity index (χ1v) is 14.2. The number of ether oxygens (including phenoxy) is 3. The van der Waals surface area contributed by atoms with Crippen LogP contribution in [0.5, 0.6) is 17.2 Å². The molecule has 3 aliphatic rings. The largest absolute Gasteiger partial charge is 0.497 e. The van der Waals surface area contributed by atoms with Gasteiger partial charge in [0.15, 0.2) is 11.5 Å². The zero-order chi connectivity index (χ0) is 26.5. The second-order valence-corrected chi connectivity index (χ2v) is 11.1. The van der Waals surface area contributed by atoms with Crippen LogP contribution in [-0.2, 0) is 0 Å². The molecule has 204 valence electrons. The summed E-state index contributed by atoms with van der Waals surface area (Å²) in [5.74, 6) is 3.23. The maximum Gasteiger partial charge on any atom is 0.165 e. The lowest BCUT2D eigenvalue weighted by atomic mass is 9.78. The molecule has 0 aromatic heterocycles. The Kier molecular flexibility index (Phi) is 8.48. The molecule has 2 N–H and O–H groups in total. The van der Waals surface area contributed by atoms with E-state index in [1.165, 1.54) is 36.0 Å². The molecule has 6 nitrogen and oxygen atoms in total. The van der Waals surface area contributed by atoms with Crippen LogP contribution in [0.25, 0.3) is 0 Å². The topological polar surface area (TPSA) is 55.0 Å². The minimum Gasteiger partial charge on any atom is -0.497 e. The molecular weight excluding hydrogens is 474 g/mol. The van der Waals surface area contributed by atoms with Crippen LogP contribution in [0.1, 0.15) is 69.0 Å². The van der Waals surface area contributed by atoms with Gasteiger partial charge in [-0.25, -0.2) is 0 Å². The van der Waals surface area contributed by atoms with Gasteiger partial charge in [0.1, 0.15) is 5.75 Å². The van der Waals surface area contributed by atoms with E-state index in [0.717, 1.165) is 55.4 Å². The van der Waals surface area contributed by atoms with Gasteiger partial charge < -0.3 is 24.8 Å². The molecular formula is C32H43N3O3. The number of benzene rings is 2. The van der Waals surface area contributed by atoms with Crippen molar-refractivity contribution in [3.05, 3.63) is 71.5 Å². The summed E-state index contributed by atoms with van der Waals surface area (Å²) in [6, 6.07) is 13.4. The lowest BCUT2D eigenvalue weighted by molar-refractivity contribution is 0.223. The number of likely N-dealkylation sites (tertiary alicyclic amines) is 1. The standard InChI is InChI=1S/C32H43N3O3/c1-22(2)38-32-29(24-6-5-7-24)19-25(20-31(32)37-4)30-18-23(12-15-33-30)21-35-16-13-27(14-17-35)34-26-8-10-28(36-3)11-9-26/h8-12,15,18-20,22,24,27,30,33-34H,5-7,13-14,16-17,21H2,1-4H3. The van der Waals surface area contributed by atoms with Gasteiger partial charge in [-0.05, 0) is 105 Å². The monoisotopic (exact) mass is 517 g/mol. The summed E-state index contributed by atoms with van der Waals surface area (Å²) in [6.07, 6.45) is 12.8. The van der Waals surface area contributed by atoms with E-state index in [9.17, 15) is 0 Å². The molecule has 6 heteroatoms. The van der Waals surface area contributed by atoms with Crippen molar-refractivity contribution < 1.29 is 14.2 Å². The Hall–Kier alpha value is -3.12. The van der Waals surface area contributed by atoms with E-state index in [1.54, 1.807) is 14.2 Å². The number of piperidine rings is 1. The van der Waals surface area contributed by atoms with Crippen LogP contribution in [0.3, 0.4) is 0 Å². The zero-order valence-electron chi connectivity index (χ0n) is 23.3. The highest BCUT2D eigenvalue weighted by Gasteiger charge is 2.28. The quantitative estimate of drug-likeness (QED) is 0.379. The molecule has 1 aliphatic carbocycles. The molecule has 5 rings (SSSR count). The molecule has 2 heterocycles. The molecule has 0 amide bonds. The number of dihydropyridines is 1. The van der Waals surface area contributed by atoms with Crippen molar-refractivity contribution in [1.82, 2.24) is 10.2 Å². The first-order chi connectivity index (χ1) is 18.5. The molecule has 0 bridgehead atoms. The maximum absolute atomic E-state index is 6.25. The molecule has 2 aliphatic heterocycles. The second kappa shape index (κ2) is 12.2. The molecule has 1 unspecified atom stereocenters. The van der Waals surface area contributed by atoms with Crippen LogP contribution in [0, 0.1) is 0 Å². The summed E-state index contributed by atoms with van der Waals surface area (Å²) < 4.78 is 17.4. The Morgan fingerprint density at radius 2 is 1.76 bits per heavy atom. The van der Waals surface area contributed by atoms with Gasteiger partial charge in [-0.3, -0.25) is 4.90 Å². The third kappa shape index (κ3) is 6.29. The van der Waals surface area contributed by atoms with E-state index in [-0.39, 0.29) is 12.1 Å². The van der Waals surface area contributed by atoms with Gasteiger partial charge in [0.25, 0.3) is 0 Å². The van der Waals surface area contributed by atoms with Gasteiger partial charge in [-0.15, -0.1) is 0 Å². The Morgan fingerprint density at radius 1 is 1.00 bits per heavy atom. The number of nitrogens with one attached hydrogen (secondary N) is 2. The van der Waals surface area contributed by atoms with Gasteiger partial charge in [0, 0.05) is 36.9 Å². The van der Waals surface area contributed by atoms with E-state index in [0.29, 0.717) is 12.0 Å². The van der Waals surface area contributed by atoms with E-state index in [4.69, 9.17) is 14.2 Å². The predicted molar refractivity (Wildman–Crippen MR) is 155 cm³/mol. The Morgan fingerprint density at radius 3 is 2.39 bits per heavy atom. The molecule has 1 saturated heterocycles. The number of hydrogen-bond donors (Lipinski definition) is 2. The summed E-state index contributed by atoms with van der Waals surface area (Å²) in [5.41, 5.74) is 5.07.